The van der Waals surface area contributed by atoms with Crippen molar-refractivity contribution in [2.45, 2.75) is 18.8 Å². The third-order valence-corrected chi connectivity index (χ3v) is 3.51. The second-order valence-electron chi connectivity index (χ2n) is 4.91. The predicted octanol–water partition coefficient (Wildman–Crippen LogP) is 3.15. The number of benzene rings is 2. The molecule has 0 spiro atoms. The fourth-order valence-electron chi connectivity index (χ4n) is 2.39. The Morgan fingerprint density at radius 3 is 2.15 bits per heavy atom. The number of aliphatic hydroxyl groups excluding tert-OH is 1. The van der Waals surface area contributed by atoms with Gasteiger partial charge < -0.3 is 14.6 Å². The number of hydrogen-bond donors (Lipinski definition) is 1. The Morgan fingerprint density at radius 2 is 1.50 bits per heavy atom. The first-order valence-electron chi connectivity index (χ1n) is 6.89. The Hall–Kier alpha value is -1.68. The molecule has 2 aromatic carbocycles. The first-order chi connectivity index (χ1) is 9.83. The predicted molar refractivity (Wildman–Crippen MR) is 77.1 cm³/mol. The van der Waals surface area contributed by atoms with Crippen LogP contribution in [0.5, 0.6) is 0 Å². The first kappa shape index (κ1) is 13.3. The van der Waals surface area contributed by atoms with E-state index < -0.39 is 6.10 Å². The molecule has 3 heteroatoms. The highest BCUT2D eigenvalue weighted by atomic mass is 16.7. The maximum Gasteiger partial charge on any atom is 0.160 e. The monoisotopic (exact) mass is 270 g/mol. The molecule has 20 heavy (non-hydrogen) atoms. The second kappa shape index (κ2) is 6.18. The summed E-state index contributed by atoms with van der Waals surface area (Å²) in [7, 11) is 0. The summed E-state index contributed by atoms with van der Waals surface area (Å²) in [6.45, 7) is 1.23. The van der Waals surface area contributed by atoms with Crippen LogP contribution >= 0.6 is 0 Å². The van der Waals surface area contributed by atoms with Crippen LogP contribution in [0.2, 0.25) is 0 Å². The van der Waals surface area contributed by atoms with Crippen molar-refractivity contribution in [2.75, 3.05) is 13.2 Å². The normalized spacial score (nSPS) is 17.2. The molecule has 0 amide bonds. The third-order valence-electron chi connectivity index (χ3n) is 3.51. The zero-order valence-corrected chi connectivity index (χ0v) is 11.2. The van der Waals surface area contributed by atoms with E-state index in [1.165, 1.54) is 5.56 Å². The van der Waals surface area contributed by atoms with E-state index in [9.17, 15) is 5.11 Å². The Labute approximate surface area is 118 Å². The summed E-state index contributed by atoms with van der Waals surface area (Å²) in [5.41, 5.74) is 3.22. The van der Waals surface area contributed by atoms with Crippen LogP contribution in [-0.4, -0.2) is 24.6 Å². The van der Waals surface area contributed by atoms with E-state index in [1.807, 2.05) is 42.5 Å². The van der Waals surface area contributed by atoms with Crippen molar-refractivity contribution in [3.63, 3.8) is 0 Å². The van der Waals surface area contributed by atoms with Gasteiger partial charge in [-0.2, -0.15) is 0 Å². The van der Waals surface area contributed by atoms with Crippen LogP contribution in [-0.2, 0) is 9.47 Å². The van der Waals surface area contributed by atoms with Crippen molar-refractivity contribution < 1.29 is 14.6 Å². The number of aliphatic hydroxyl groups is 1. The van der Waals surface area contributed by atoms with Gasteiger partial charge in [-0.3, -0.25) is 0 Å². The van der Waals surface area contributed by atoms with Crippen LogP contribution in [0.15, 0.2) is 54.6 Å². The van der Waals surface area contributed by atoms with Crippen LogP contribution in [0.4, 0.5) is 0 Å². The lowest BCUT2D eigenvalue weighted by Crippen LogP contribution is -2.13. The van der Waals surface area contributed by atoms with Gasteiger partial charge in [0.15, 0.2) is 6.29 Å². The molecule has 0 bridgehead atoms. The third kappa shape index (κ3) is 3.07. The standard InChI is InChI=1S/C17H18O3/c18-16(12-17-19-10-11-20-17)15-8-6-14(7-9-15)13-4-2-1-3-5-13/h1-9,16-18H,10-12H2. The summed E-state index contributed by atoms with van der Waals surface area (Å²) in [6.07, 6.45) is -0.355. The molecule has 0 radical (unpaired) electrons. The molecule has 3 nitrogen and oxygen atoms in total. The quantitative estimate of drug-likeness (QED) is 0.927. The Balaban J connectivity index is 1.69. The van der Waals surface area contributed by atoms with Crippen molar-refractivity contribution in [3.8, 4) is 11.1 Å². The fraction of sp³-hybridized carbons (Fsp3) is 0.294. The van der Waals surface area contributed by atoms with Crippen LogP contribution < -0.4 is 0 Å². The van der Waals surface area contributed by atoms with Crippen molar-refractivity contribution in [2.24, 2.45) is 0 Å². The molecule has 104 valence electrons. The summed E-state index contributed by atoms with van der Waals surface area (Å²) < 4.78 is 10.7. The van der Waals surface area contributed by atoms with Crippen LogP contribution in [0.1, 0.15) is 18.1 Å². The minimum atomic E-state index is -0.553. The largest absolute Gasteiger partial charge is 0.388 e. The van der Waals surface area contributed by atoms with Crippen molar-refractivity contribution >= 4 is 0 Å². The van der Waals surface area contributed by atoms with Gasteiger partial charge in [0, 0.05) is 6.42 Å². The molecule has 1 N–H and O–H groups in total. The molecule has 1 aliphatic rings. The van der Waals surface area contributed by atoms with E-state index in [-0.39, 0.29) is 6.29 Å². The summed E-state index contributed by atoms with van der Waals surface area (Å²) in [5.74, 6) is 0. The highest BCUT2D eigenvalue weighted by Gasteiger charge is 2.20. The van der Waals surface area contributed by atoms with E-state index in [1.54, 1.807) is 0 Å². The average molecular weight is 270 g/mol. The molecule has 0 aliphatic carbocycles. The highest BCUT2D eigenvalue weighted by molar-refractivity contribution is 5.63. The van der Waals surface area contributed by atoms with E-state index in [2.05, 4.69) is 12.1 Å². The van der Waals surface area contributed by atoms with Gasteiger partial charge in [0.1, 0.15) is 0 Å². The maximum absolute atomic E-state index is 10.2. The fourth-order valence-corrected chi connectivity index (χ4v) is 2.39. The molecule has 1 atom stereocenters. The van der Waals surface area contributed by atoms with Gasteiger partial charge in [0.25, 0.3) is 0 Å². The minimum Gasteiger partial charge on any atom is -0.388 e. The van der Waals surface area contributed by atoms with E-state index in [0.717, 1.165) is 11.1 Å². The summed E-state index contributed by atoms with van der Waals surface area (Å²) in [6, 6.07) is 18.2. The average Bonchev–Trinajstić information content (AvgIpc) is 3.01. The van der Waals surface area contributed by atoms with Crippen molar-refractivity contribution in [1.29, 1.82) is 0 Å². The molecular weight excluding hydrogens is 252 g/mol. The highest BCUT2D eigenvalue weighted by Crippen LogP contribution is 2.25. The Morgan fingerprint density at radius 1 is 0.900 bits per heavy atom. The topological polar surface area (TPSA) is 38.7 Å². The number of rotatable bonds is 4. The number of hydrogen-bond acceptors (Lipinski definition) is 3. The smallest absolute Gasteiger partial charge is 0.160 e. The summed E-state index contributed by atoms with van der Waals surface area (Å²) in [5, 5.41) is 10.2. The summed E-state index contributed by atoms with van der Waals surface area (Å²) in [4.78, 5) is 0. The lowest BCUT2D eigenvalue weighted by atomic mass is 10.0. The van der Waals surface area contributed by atoms with Gasteiger partial charge in [0.2, 0.25) is 0 Å². The molecule has 1 aliphatic heterocycles. The molecule has 0 saturated carbocycles. The van der Waals surface area contributed by atoms with Gasteiger partial charge in [-0.25, -0.2) is 0 Å². The van der Waals surface area contributed by atoms with Gasteiger partial charge in [-0.1, -0.05) is 54.6 Å². The van der Waals surface area contributed by atoms with Crippen LogP contribution in [0.3, 0.4) is 0 Å². The van der Waals surface area contributed by atoms with Crippen molar-refractivity contribution in [1.82, 2.24) is 0 Å². The number of ether oxygens (including phenoxy) is 2. The summed E-state index contributed by atoms with van der Waals surface area (Å²) >= 11 is 0. The molecule has 1 unspecified atom stereocenters. The second-order valence-corrected chi connectivity index (χ2v) is 4.91. The van der Waals surface area contributed by atoms with Gasteiger partial charge in [0.05, 0.1) is 19.3 Å². The van der Waals surface area contributed by atoms with Gasteiger partial charge in [-0.15, -0.1) is 0 Å². The van der Waals surface area contributed by atoms with E-state index >= 15 is 0 Å². The first-order valence-corrected chi connectivity index (χ1v) is 6.89. The Bertz CT molecular complexity index is 530. The Kier molecular flexibility index (Phi) is 4.11. The molecule has 2 aromatic rings. The lowest BCUT2D eigenvalue weighted by molar-refractivity contribution is -0.0707. The zero-order valence-electron chi connectivity index (χ0n) is 11.2. The molecule has 1 saturated heterocycles. The maximum atomic E-state index is 10.2. The van der Waals surface area contributed by atoms with Crippen molar-refractivity contribution in [3.05, 3.63) is 60.2 Å². The van der Waals surface area contributed by atoms with Gasteiger partial charge >= 0.3 is 0 Å². The molecule has 1 fully saturated rings. The van der Waals surface area contributed by atoms with Gasteiger partial charge in [-0.05, 0) is 16.7 Å². The lowest BCUT2D eigenvalue weighted by Gasteiger charge is -2.15. The molecule has 3 rings (SSSR count). The SMILES string of the molecule is OC(CC1OCCO1)c1ccc(-c2ccccc2)cc1. The minimum absolute atomic E-state index is 0.279. The zero-order chi connectivity index (χ0) is 13.8. The van der Waals surface area contributed by atoms with E-state index in [0.29, 0.717) is 19.6 Å². The molecule has 0 aromatic heterocycles. The molecular formula is C17H18O3. The van der Waals surface area contributed by atoms with Crippen LogP contribution in [0, 0.1) is 0 Å². The van der Waals surface area contributed by atoms with E-state index in [4.69, 9.17) is 9.47 Å². The van der Waals surface area contributed by atoms with Crippen LogP contribution in [0.25, 0.3) is 11.1 Å². The molecule has 1 heterocycles.